The summed E-state index contributed by atoms with van der Waals surface area (Å²) in [6.07, 6.45) is 1.51. The Morgan fingerprint density at radius 2 is 1.85 bits per heavy atom. The molecule has 0 aliphatic heterocycles. The van der Waals surface area contributed by atoms with Crippen LogP contribution in [0.4, 0.5) is 5.69 Å². The molecule has 5 heteroatoms. The van der Waals surface area contributed by atoms with Gasteiger partial charge in [-0.25, -0.2) is 0 Å². The van der Waals surface area contributed by atoms with Crippen molar-refractivity contribution in [3.63, 3.8) is 0 Å². The first-order valence-corrected chi connectivity index (χ1v) is 7.05. The summed E-state index contributed by atoms with van der Waals surface area (Å²) in [5.41, 5.74) is 6.29. The second-order valence-electron chi connectivity index (χ2n) is 4.54. The van der Waals surface area contributed by atoms with Gasteiger partial charge in [-0.1, -0.05) is 25.5 Å². The van der Waals surface area contributed by atoms with Gasteiger partial charge in [0.25, 0.3) is 0 Å². The molecule has 0 spiro atoms. The predicted molar refractivity (Wildman–Crippen MR) is 78.9 cm³/mol. The Morgan fingerprint density at radius 3 is 2.60 bits per heavy atom. The Kier molecular flexibility index (Phi) is 8.78. The third kappa shape index (κ3) is 7.33. The lowest BCUT2D eigenvalue weighted by atomic mass is 10.3. The van der Waals surface area contributed by atoms with Gasteiger partial charge in [0.15, 0.2) is 0 Å². The van der Waals surface area contributed by atoms with E-state index in [0.29, 0.717) is 24.7 Å². The van der Waals surface area contributed by atoms with Gasteiger partial charge >= 0.3 is 0 Å². The van der Waals surface area contributed by atoms with Gasteiger partial charge in [0, 0.05) is 6.61 Å². The Labute approximate surface area is 120 Å². The minimum atomic E-state index is -0.676. The van der Waals surface area contributed by atoms with Crippen molar-refractivity contribution in [2.24, 2.45) is 0 Å². The smallest absolute Gasteiger partial charge is 0.142 e. The number of anilines is 1. The summed E-state index contributed by atoms with van der Waals surface area (Å²) in [6.45, 7) is 4.30. The first kappa shape index (κ1) is 16.8. The van der Waals surface area contributed by atoms with Crippen molar-refractivity contribution in [3.8, 4) is 5.75 Å². The topological polar surface area (TPSA) is 73.9 Å². The standard InChI is InChI=1S/C15H25NO4/c1-2-3-8-18-9-10-19-11-13(17)12-20-15-7-5-4-6-14(15)16/h4-7,13,17H,2-3,8-12,16H2,1H3. The third-order valence-corrected chi connectivity index (χ3v) is 2.67. The summed E-state index contributed by atoms with van der Waals surface area (Å²) in [5.74, 6) is 0.578. The monoisotopic (exact) mass is 283 g/mol. The first-order chi connectivity index (χ1) is 9.74. The summed E-state index contributed by atoms with van der Waals surface area (Å²) >= 11 is 0. The van der Waals surface area contributed by atoms with Crippen LogP contribution in [-0.4, -0.2) is 44.2 Å². The molecule has 0 bridgehead atoms. The van der Waals surface area contributed by atoms with E-state index in [1.165, 1.54) is 0 Å². The van der Waals surface area contributed by atoms with E-state index in [-0.39, 0.29) is 13.2 Å². The average Bonchev–Trinajstić information content (AvgIpc) is 2.45. The molecule has 0 aliphatic carbocycles. The van der Waals surface area contributed by atoms with Crippen molar-refractivity contribution in [2.45, 2.75) is 25.9 Å². The maximum atomic E-state index is 9.71. The lowest BCUT2D eigenvalue weighted by Gasteiger charge is -2.14. The zero-order valence-electron chi connectivity index (χ0n) is 12.1. The maximum Gasteiger partial charge on any atom is 0.142 e. The van der Waals surface area contributed by atoms with Gasteiger partial charge in [-0.2, -0.15) is 0 Å². The molecule has 1 aromatic carbocycles. The van der Waals surface area contributed by atoms with Crippen LogP contribution in [0.5, 0.6) is 5.75 Å². The third-order valence-electron chi connectivity index (χ3n) is 2.67. The van der Waals surface area contributed by atoms with Gasteiger partial charge in [0.2, 0.25) is 0 Å². The van der Waals surface area contributed by atoms with Crippen molar-refractivity contribution in [1.82, 2.24) is 0 Å². The molecule has 0 saturated heterocycles. The molecule has 0 aliphatic rings. The van der Waals surface area contributed by atoms with Crippen molar-refractivity contribution in [2.75, 3.05) is 38.8 Å². The number of aliphatic hydroxyl groups is 1. The molecule has 5 nitrogen and oxygen atoms in total. The average molecular weight is 283 g/mol. The van der Waals surface area contributed by atoms with E-state index in [9.17, 15) is 5.11 Å². The second kappa shape index (κ2) is 10.5. The zero-order valence-corrected chi connectivity index (χ0v) is 12.1. The molecule has 0 radical (unpaired) electrons. The van der Waals surface area contributed by atoms with Crippen molar-refractivity contribution >= 4 is 5.69 Å². The largest absolute Gasteiger partial charge is 0.489 e. The quantitative estimate of drug-likeness (QED) is 0.479. The Balaban J connectivity index is 2.03. The molecule has 114 valence electrons. The van der Waals surface area contributed by atoms with Gasteiger partial charge in [-0.15, -0.1) is 0 Å². The van der Waals surface area contributed by atoms with E-state index in [2.05, 4.69) is 6.92 Å². The van der Waals surface area contributed by atoms with Crippen LogP contribution in [0.3, 0.4) is 0 Å². The normalized spacial score (nSPS) is 12.3. The molecule has 0 heterocycles. The van der Waals surface area contributed by atoms with E-state index in [0.717, 1.165) is 19.4 Å². The molecule has 1 aromatic rings. The van der Waals surface area contributed by atoms with E-state index < -0.39 is 6.10 Å². The second-order valence-corrected chi connectivity index (χ2v) is 4.54. The van der Waals surface area contributed by atoms with E-state index in [1.54, 1.807) is 12.1 Å². The fourth-order valence-corrected chi connectivity index (χ4v) is 1.53. The summed E-state index contributed by atoms with van der Waals surface area (Å²) in [6, 6.07) is 7.19. The minimum absolute atomic E-state index is 0.158. The number of nitrogens with two attached hydrogens (primary N) is 1. The highest BCUT2D eigenvalue weighted by molar-refractivity contribution is 5.51. The molecule has 1 unspecified atom stereocenters. The molecule has 3 N–H and O–H groups in total. The number of hydrogen-bond acceptors (Lipinski definition) is 5. The van der Waals surface area contributed by atoms with Gasteiger partial charge in [0.1, 0.15) is 18.5 Å². The molecular formula is C15H25NO4. The Hall–Kier alpha value is -1.30. The van der Waals surface area contributed by atoms with E-state index >= 15 is 0 Å². The van der Waals surface area contributed by atoms with Crippen LogP contribution in [-0.2, 0) is 9.47 Å². The molecular weight excluding hydrogens is 258 g/mol. The number of unbranched alkanes of at least 4 members (excludes halogenated alkanes) is 1. The molecule has 0 fully saturated rings. The Morgan fingerprint density at radius 1 is 1.10 bits per heavy atom. The minimum Gasteiger partial charge on any atom is -0.489 e. The van der Waals surface area contributed by atoms with Crippen molar-refractivity contribution in [3.05, 3.63) is 24.3 Å². The van der Waals surface area contributed by atoms with Crippen LogP contribution in [0.1, 0.15) is 19.8 Å². The number of benzene rings is 1. The zero-order chi connectivity index (χ0) is 14.6. The molecule has 0 saturated carbocycles. The highest BCUT2D eigenvalue weighted by Gasteiger charge is 2.06. The van der Waals surface area contributed by atoms with Crippen LogP contribution >= 0.6 is 0 Å². The Bertz CT molecular complexity index is 359. The molecule has 0 aromatic heterocycles. The molecule has 1 rings (SSSR count). The number of nitrogen functional groups attached to an aromatic ring is 1. The van der Waals surface area contributed by atoms with Crippen molar-refractivity contribution in [1.29, 1.82) is 0 Å². The van der Waals surface area contributed by atoms with Crippen LogP contribution in [0.25, 0.3) is 0 Å². The van der Waals surface area contributed by atoms with Crippen LogP contribution in [0.2, 0.25) is 0 Å². The fraction of sp³-hybridized carbons (Fsp3) is 0.600. The molecule has 20 heavy (non-hydrogen) atoms. The predicted octanol–water partition coefficient (Wildman–Crippen LogP) is 1.84. The maximum absolute atomic E-state index is 9.71. The summed E-state index contributed by atoms with van der Waals surface area (Å²) in [4.78, 5) is 0. The number of para-hydroxylation sites is 2. The lowest BCUT2D eigenvalue weighted by Crippen LogP contribution is -2.24. The highest BCUT2D eigenvalue weighted by atomic mass is 16.5. The van der Waals surface area contributed by atoms with E-state index in [4.69, 9.17) is 19.9 Å². The number of ether oxygens (including phenoxy) is 3. The summed E-state index contributed by atoms with van der Waals surface area (Å²) in [7, 11) is 0. The van der Waals surface area contributed by atoms with Crippen molar-refractivity contribution < 1.29 is 19.3 Å². The first-order valence-electron chi connectivity index (χ1n) is 7.05. The van der Waals surface area contributed by atoms with Crippen LogP contribution in [0, 0.1) is 0 Å². The van der Waals surface area contributed by atoms with Crippen LogP contribution < -0.4 is 10.5 Å². The SMILES string of the molecule is CCCCOCCOCC(O)COc1ccccc1N. The van der Waals surface area contributed by atoms with E-state index in [1.807, 2.05) is 12.1 Å². The van der Waals surface area contributed by atoms with Crippen LogP contribution in [0.15, 0.2) is 24.3 Å². The highest BCUT2D eigenvalue weighted by Crippen LogP contribution is 2.19. The fourth-order valence-electron chi connectivity index (χ4n) is 1.53. The van der Waals surface area contributed by atoms with Gasteiger partial charge < -0.3 is 25.1 Å². The number of hydrogen-bond donors (Lipinski definition) is 2. The summed E-state index contributed by atoms with van der Waals surface area (Å²) in [5, 5.41) is 9.71. The summed E-state index contributed by atoms with van der Waals surface area (Å²) < 4.78 is 16.1. The van der Waals surface area contributed by atoms with Gasteiger partial charge in [-0.3, -0.25) is 0 Å². The number of aliphatic hydroxyl groups excluding tert-OH is 1. The number of rotatable bonds is 11. The molecule has 1 atom stereocenters. The van der Waals surface area contributed by atoms with Gasteiger partial charge in [0.05, 0.1) is 25.5 Å². The lowest BCUT2D eigenvalue weighted by molar-refractivity contribution is -0.0110. The molecule has 0 amide bonds. The van der Waals surface area contributed by atoms with Gasteiger partial charge in [-0.05, 0) is 18.6 Å².